The first-order chi connectivity index (χ1) is 9.19. The molecule has 0 aliphatic heterocycles. The largest absolute Gasteiger partial charge is 0.477 e. The van der Waals surface area contributed by atoms with Crippen LogP contribution in [0.1, 0.15) is 30.6 Å². The van der Waals surface area contributed by atoms with Gasteiger partial charge in [0.25, 0.3) is 5.91 Å². The van der Waals surface area contributed by atoms with E-state index in [9.17, 15) is 9.59 Å². The topological polar surface area (TPSA) is 80.3 Å². The minimum atomic E-state index is -0.372. The highest BCUT2D eigenvalue weighted by Crippen LogP contribution is 2.13. The third kappa shape index (κ3) is 4.95. The molecule has 2 N–H and O–H groups in total. The second-order valence-electron chi connectivity index (χ2n) is 3.82. The zero-order valence-corrected chi connectivity index (χ0v) is 11.2. The predicted octanol–water partition coefficient (Wildman–Crippen LogP) is 0.736. The van der Waals surface area contributed by atoms with Crippen LogP contribution in [0.15, 0.2) is 18.3 Å². The van der Waals surface area contributed by atoms with Gasteiger partial charge in [0.15, 0.2) is 0 Å². The Labute approximate surface area is 112 Å². The number of amides is 2. The Kier molecular flexibility index (Phi) is 6.35. The molecule has 0 bridgehead atoms. The van der Waals surface area contributed by atoms with Crippen molar-refractivity contribution in [2.45, 2.75) is 20.3 Å². The Bertz CT molecular complexity index is 435. The molecule has 0 saturated heterocycles. The number of ether oxygens (including phenoxy) is 1. The van der Waals surface area contributed by atoms with E-state index in [0.29, 0.717) is 18.7 Å². The molecule has 0 radical (unpaired) electrons. The molecular weight excluding hydrogens is 246 g/mol. The molecule has 1 aromatic rings. The van der Waals surface area contributed by atoms with Gasteiger partial charge in [-0.15, -0.1) is 0 Å². The van der Waals surface area contributed by atoms with E-state index in [-0.39, 0.29) is 24.2 Å². The zero-order valence-electron chi connectivity index (χ0n) is 11.2. The molecule has 0 fully saturated rings. The molecule has 19 heavy (non-hydrogen) atoms. The fourth-order valence-electron chi connectivity index (χ4n) is 1.40. The molecule has 0 spiro atoms. The first kappa shape index (κ1) is 14.9. The smallest absolute Gasteiger partial charge is 0.257 e. The molecule has 1 heterocycles. The number of rotatable bonds is 7. The van der Waals surface area contributed by atoms with Crippen molar-refractivity contribution in [2.75, 3.05) is 19.7 Å². The number of hydrogen-bond donors (Lipinski definition) is 2. The maximum atomic E-state index is 11.9. The van der Waals surface area contributed by atoms with Crippen molar-refractivity contribution in [3.8, 4) is 5.88 Å². The summed E-state index contributed by atoms with van der Waals surface area (Å²) in [5, 5.41) is 5.21. The van der Waals surface area contributed by atoms with Crippen molar-refractivity contribution in [3.63, 3.8) is 0 Å². The SMILES string of the molecule is CCCNC(=O)CNC(=O)c1cccnc1OCC. The van der Waals surface area contributed by atoms with E-state index in [4.69, 9.17) is 4.74 Å². The summed E-state index contributed by atoms with van der Waals surface area (Å²) in [4.78, 5) is 27.3. The second kappa shape index (κ2) is 8.07. The van der Waals surface area contributed by atoms with Gasteiger partial charge in [-0.1, -0.05) is 6.92 Å². The molecule has 6 nitrogen and oxygen atoms in total. The van der Waals surface area contributed by atoms with Crippen LogP contribution in [0.5, 0.6) is 5.88 Å². The van der Waals surface area contributed by atoms with Crippen LogP contribution in [0.3, 0.4) is 0 Å². The van der Waals surface area contributed by atoms with Crippen LogP contribution in [-0.4, -0.2) is 36.5 Å². The maximum Gasteiger partial charge on any atom is 0.257 e. The van der Waals surface area contributed by atoms with Crippen molar-refractivity contribution in [3.05, 3.63) is 23.9 Å². The molecular formula is C13H19N3O3. The molecule has 2 amide bonds. The summed E-state index contributed by atoms with van der Waals surface area (Å²) in [6, 6.07) is 3.26. The normalized spacial score (nSPS) is 9.79. The Morgan fingerprint density at radius 2 is 2.11 bits per heavy atom. The Morgan fingerprint density at radius 3 is 2.79 bits per heavy atom. The van der Waals surface area contributed by atoms with Gasteiger partial charge in [-0.05, 0) is 25.5 Å². The van der Waals surface area contributed by atoms with E-state index in [1.807, 2.05) is 13.8 Å². The van der Waals surface area contributed by atoms with Gasteiger partial charge in [0.1, 0.15) is 5.56 Å². The fraction of sp³-hybridized carbons (Fsp3) is 0.462. The third-order valence-corrected chi connectivity index (χ3v) is 2.28. The number of hydrogen-bond acceptors (Lipinski definition) is 4. The van der Waals surface area contributed by atoms with E-state index in [0.717, 1.165) is 6.42 Å². The Balaban J connectivity index is 2.56. The first-order valence-corrected chi connectivity index (χ1v) is 6.31. The lowest BCUT2D eigenvalue weighted by molar-refractivity contribution is -0.120. The minimum Gasteiger partial charge on any atom is -0.477 e. The van der Waals surface area contributed by atoms with Crippen LogP contribution >= 0.6 is 0 Å². The molecule has 104 valence electrons. The molecule has 0 aliphatic rings. The average molecular weight is 265 g/mol. The fourth-order valence-corrected chi connectivity index (χ4v) is 1.40. The average Bonchev–Trinajstić information content (AvgIpc) is 2.43. The summed E-state index contributed by atoms with van der Waals surface area (Å²) in [7, 11) is 0. The quantitative estimate of drug-likeness (QED) is 0.762. The van der Waals surface area contributed by atoms with Crippen molar-refractivity contribution in [2.24, 2.45) is 0 Å². The van der Waals surface area contributed by atoms with Crippen LogP contribution in [0, 0.1) is 0 Å². The maximum absolute atomic E-state index is 11.9. The second-order valence-corrected chi connectivity index (χ2v) is 3.82. The molecule has 0 aromatic carbocycles. The van der Waals surface area contributed by atoms with Crippen molar-refractivity contribution < 1.29 is 14.3 Å². The van der Waals surface area contributed by atoms with Crippen LogP contribution in [0.2, 0.25) is 0 Å². The lowest BCUT2D eigenvalue weighted by Gasteiger charge is -2.09. The molecule has 1 rings (SSSR count). The lowest BCUT2D eigenvalue weighted by atomic mass is 10.2. The molecule has 0 saturated carbocycles. The van der Waals surface area contributed by atoms with E-state index in [1.54, 1.807) is 18.3 Å². The Morgan fingerprint density at radius 1 is 1.32 bits per heavy atom. The van der Waals surface area contributed by atoms with Gasteiger partial charge < -0.3 is 15.4 Å². The van der Waals surface area contributed by atoms with Gasteiger partial charge in [-0.2, -0.15) is 0 Å². The summed E-state index contributed by atoms with van der Waals surface area (Å²) >= 11 is 0. The van der Waals surface area contributed by atoms with Crippen LogP contribution < -0.4 is 15.4 Å². The standard InChI is InChI=1S/C13H19N3O3/c1-3-7-14-11(17)9-16-12(18)10-6-5-8-15-13(10)19-4-2/h5-6,8H,3-4,7,9H2,1-2H3,(H,14,17)(H,16,18). The van der Waals surface area contributed by atoms with Gasteiger partial charge in [0.05, 0.1) is 13.2 Å². The highest BCUT2D eigenvalue weighted by molar-refractivity contribution is 5.98. The minimum absolute atomic E-state index is 0.0563. The molecule has 0 unspecified atom stereocenters. The van der Waals surface area contributed by atoms with Crippen molar-refractivity contribution in [1.29, 1.82) is 0 Å². The lowest BCUT2D eigenvalue weighted by Crippen LogP contribution is -2.37. The molecule has 1 aromatic heterocycles. The summed E-state index contributed by atoms with van der Waals surface area (Å²) in [5.74, 6) is -0.309. The predicted molar refractivity (Wildman–Crippen MR) is 71.0 cm³/mol. The van der Waals surface area contributed by atoms with Gasteiger partial charge >= 0.3 is 0 Å². The highest BCUT2D eigenvalue weighted by Gasteiger charge is 2.13. The van der Waals surface area contributed by atoms with Gasteiger partial charge in [0, 0.05) is 12.7 Å². The highest BCUT2D eigenvalue weighted by atomic mass is 16.5. The summed E-state index contributed by atoms with van der Waals surface area (Å²) in [5.41, 5.74) is 0.327. The van der Waals surface area contributed by atoms with Crippen molar-refractivity contribution >= 4 is 11.8 Å². The molecule has 6 heteroatoms. The number of nitrogens with zero attached hydrogens (tertiary/aromatic N) is 1. The monoisotopic (exact) mass is 265 g/mol. The van der Waals surface area contributed by atoms with E-state index < -0.39 is 0 Å². The number of carbonyl (C=O) groups is 2. The van der Waals surface area contributed by atoms with Crippen LogP contribution in [0.4, 0.5) is 0 Å². The van der Waals surface area contributed by atoms with E-state index in [1.165, 1.54) is 0 Å². The van der Waals surface area contributed by atoms with E-state index in [2.05, 4.69) is 15.6 Å². The molecule has 0 atom stereocenters. The van der Waals surface area contributed by atoms with Crippen molar-refractivity contribution in [1.82, 2.24) is 15.6 Å². The van der Waals surface area contributed by atoms with Crippen LogP contribution in [0.25, 0.3) is 0 Å². The number of nitrogens with one attached hydrogen (secondary N) is 2. The van der Waals surface area contributed by atoms with Gasteiger partial charge in [-0.25, -0.2) is 4.98 Å². The number of pyridine rings is 1. The van der Waals surface area contributed by atoms with Gasteiger partial charge in [-0.3, -0.25) is 9.59 Å². The van der Waals surface area contributed by atoms with Gasteiger partial charge in [0.2, 0.25) is 11.8 Å². The Hall–Kier alpha value is -2.11. The summed E-state index contributed by atoms with van der Waals surface area (Å²) in [6.45, 7) is 4.75. The third-order valence-electron chi connectivity index (χ3n) is 2.28. The zero-order chi connectivity index (χ0) is 14.1. The number of carbonyl (C=O) groups excluding carboxylic acids is 2. The first-order valence-electron chi connectivity index (χ1n) is 6.31. The molecule has 0 aliphatic carbocycles. The van der Waals surface area contributed by atoms with E-state index >= 15 is 0 Å². The van der Waals surface area contributed by atoms with Crippen LogP contribution in [-0.2, 0) is 4.79 Å². The summed E-state index contributed by atoms with van der Waals surface area (Å²) < 4.78 is 5.26. The summed E-state index contributed by atoms with van der Waals surface area (Å²) in [6.07, 6.45) is 2.41. The number of aromatic nitrogens is 1.